The number of benzene rings is 1. The van der Waals surface area contributed by atoms with Gasteiger partial charge in [0.25, 0.3) is 0 Å². The van der Waals surface area contributed by atoms with E-state index in [-0.39, 0.29) is 17.7 Å². The van der Waals surface area contributed by atoms with Crippen molar-refractivity contribution in [3.63, 3.8) is 0 Å². The van der Waals surface area contributed by atoms with Crippen molar-refractivity contribution in [1.29, 1.82) is 5.26 Å². The molecule has 1 N–H and O–H groups in total. The van der Waals surface area contributed by atoms with E-state index in [0.29, 0.717) is 17.1 Å². The Morgan fingerprint density at radius 3 is 2.79 bits per heavy atom. The van der Waals surface area contributed by atoms with E-state index < -0.39 is 0 Å². The number of hydrogen-bond donors (Lipinski definition) is 1. The van der Waals surface area contributed by atoms with Gasteiger partial charge in [-0.2, -0.15) is 5.26 Å². The van der Waals surface area contributed by atoms with Crippen LogP contribution in [0.4, 0.5) is 4.39 Å². The number of nitrogens with zero attached hydrogens (tertiary/aromatic N) is 2. The van der Waals surface area contributed by atoms with Crippen LogP contribution in [0.2, 0.25) is 0 Å². The maximum Gasteiger partial charge on any atom is 0.132 e. The number of nitrogens with one attached hydrogen (secondary N) is 1. The molecule has 19 heavy (non-hydrogen) atoms. The molecule has 2 rings (SSSR count). The van der Waals surface area contributed by atoms with E-state index in [1.807, 2.05) is 13.8 Å². The number of rotatable bonds is 3. The lowest BCUT2D eigenvalue weighted by Crippen LogP contribution is -2.05. The summed E-state index contributed by atoms with van der Waals surface area (Å²) in [5.41, 5.74) is 1.02. The van der Waals surface area contributed by atoms with E-state index >= 15 is 0 Å². The van der Waals surface area contributed by atoms with Crippen molar-refractivity contribution in [3.8, 4) is 17.3 Å². The van der Waals surface area contributed by atoms with Crippen molar-refractivity contribution in [2.75, 3.05) is 0 Å². The maximum atomic E-state index is 13.8. The summed E-state index contributed by atoms with van der Waals surface area (Å²) >= 11 is 3.31. The Hall–Kier alpha value is -1.67. The molecule has 0 spiro atoms. The number of imidazole rings is 1. The Balaban J connectivity index is 2.41. The Kier molecular flexibility index (Phi) is 4.01. The van der Waals surface area contributed by atoms with Crippen molar-refractivity contribution in [2.24, 2.45) is 5.92 Å². The van der Waals surface area contributed by atoms with E-state index in [1.54, 1.807) is 18.3 Å². The first-order valence-electron chi connectivity index (χ1n) is 5.93. The summed E-state index contributed by atoms with van der Waals surface area (Å²) in [5.74, 6) is 0.0867. The minimum Gasteiger partial charge on any atom is -0.341 e. The molecule has 1 aromatic heterocycles. The molecule has 0 aliphatic carbocycles. The third-order valence-corrected chi connectivity index (χ3v) is 3.41. The fraction of sp³-hybridized carbons (Fsp3) is 0.286. The van der Waals surface area contributed by atoms with E-state index in [4.69, 9.17) is 5.26 Å². The molecule has 1 unspecified atom stereocenters. The summed E-state index contributed by atoms with van der Waals surface area (Å²) in [5, 5.41) is 9.14. The molecule has 1 heterocycles. The highest BCUT2D eigenvalue weighted by Crippen LogP contribution is 2.27. The fourth-order valence-corrected chi connectivity index (χ4v) is 2.22. The van der Waals surface area contributed by atoms with Crippen molar-refractivity contribution < 1.29 is 4.39 Å². The molecule has 1 atom stereocenters. The Morgan fingerprint density at radius 2 is 2.16 bits per heavy atom. The highest BCUT2D eigenvalue weighted by atomic mass is 79.9. The van der Waals surface area contributed by atoms with Crippen LogP contribution in [0, 0.1) is 23.1 Å². The molecule has 3 nitrogen and oxygen atoms in total. The monoisotopic (exact) mass is 321 g/mol. The van der Waals surface area contributed by atoms with Gasteiger partial charge in [0, 0.05) is 10.0 Å². The first-order chi connectivity index (χ1) is 9.02. The zero-order valence-corrected chi connectivity index (χ0v) is 12.2. The lowest BCUT2D eigenvalue weighted by atomic mass is 9.97. The number of nitriles is 1. The van der Waals surface area contributed by atoms with Crippen LogP contribution in [0.15, 0.2) is 28.9 Å². The van der Waals surface area contributed by atoms with Gasteiger partial charge in [-0.25, -0.2) is 9.37 Å². The molecule has 2 aromatic rings. The molecule has 1 aromatic carbocycles. The highest BCUT2D eigenvalue weighted by molar-refractivity contribution is 9.10. The predicted molar refractivity (Wildman–Crippen MR) is 74.9 cm³/mol. The second-order valence-corrected chi connectivity index (χ2v) is 5.57. The van der Waals surface area contributed by atoms with Gasteiger partial charge in [0.1, 0.15) is 17.6 Å². The second-order valence-electron chi connectivity index (χ2n) is 4.66. The number of aromatic amines is 1. The van der Waals surface area contributed by atoms with Crippen LogP contribution in [-0.2, 0) is 0 Å². The van der Waals surface area contributed by atoms with Gasteiger partial charge in [-0.3, -0.25) is 0 Å². The highest BCUT2D eigenvalue weighted by Gasteiger charge is 2.19. The smallest absolute Gasteiger partial charge is 0.132 e. The minimum absolute atomic E-state index is 0.149. The number of H-pyrrole nitrogens is 1. The second kappa shape index (κ2) is 5.54. The van der Waals surface area contributed by atoms with Crippen molar-refractivity contribution in [1.82, 2.24) is 9.97 Å². The van der Waals surface area contributed by atoms with Crippen LogP contribution in [0.5, 0.6) is 0 Å². The van der Waals surface area contributed by atoms with Gasteiger partial charge in [0.2, 0.25) is 0 Å². The van der Waals surface area contributed by atoms with Crippen LogP contribution in [0.3, 0.4) is 0 Å². The van der Waals surface area contributed by atoms with Crippen LogP contribution < -0.4 is 0 Å². The molecule has 0 radical (unpaired) electrons. The quantitative estimate of drug-likeness (QED) is 0.919. The van der Waals surface area contributed by atoms with Gasteiger partial charge >= 0.3 is 0 Å². The summed E-state index contributed by atoms with van der Waals surface area (Å²) in [6.07, 6.45) is 1.56. The van der Waals surface area contributed by atoms with Gasteiger partial charge in [-0.1, -0.05) is 29.8 Å². The van der Waals surface area contributed by atoms with Gasteiger partial charge in [-0.15, -0.1) is 0 Å². The minimum atomic E-state index is -0.323. The van der Waals surface area contributed by atoms with Gasteiger partial charge in [0.15, 0.2) is 0 Å². The Bertz CT molecular complexity index is 628. The largest absolute Gasteiger partial charge is 0.341 e. The summed E-state index contributed by atoms with van der Waals surface area (Å²) in [6, 6.07) is 6.93. The SMILES string of the molecule is CC(C)C(C#N)c1ncc(-c2cc(Br)ccc2F)[nH]1. The van der Waals surface area contributed by atoms with E-state index in [2.05, 4.69) is 32.0 Å². The van der Waals surface area contributed by atoms with Crippen LogP contribution in [0.25, 0.3) is 11.3 Å². The zero-order valence-electron chi connectivity index (χ0n) is 10.6. The predicted octanol–water partition coefficient (Wildman–Crippen LogP) is 4.24. The number of hydrogen-bond acceptors (Lipinski definition) is 2. The Labute approximate surface area is 119 Å². The molecule has 0 aliphatic heterocycles. The summed E-state index contributed by atoms with van der Waals surface area (Å²) in [4.78, 5) is 7.23. The normalized spacial score (nSPS) is 12.4. The molecule has 5 heteroatoms. The molecule has 0 amide bonds. The molecule has 0 saturated heterocycles. The van der Waals surface area contributed by atoms with Gasteiger partial charge < -0.3 is 4.98 Å². The average Bonchev–Trinajstić information content (AvgIpc) is 2.82. The first kappa shape index (κ1) is 13.8. The summed E-state index contributed by atoms with van der Waals surface area (Å²) in [6.45, 7) is 3.91. The van der Waals surface area contributed by atoms with Crippen molar-refractivity contribution in [3.05, 3.63) is 40.5 Å². The standard InChI is InChI=1S/C14H13BrFN3/c1-8(2)11(6-17)14-18-7-13(19-14)10-5-9(15)3-4-12(10)16/h3-5,7-8,11H,1-2H3,(H,18,19). The molecule has 98 valence electrons. The maximum absolute atomic E-state index is 13.8. The number of aromatic nitrogens is 2. The molecule has 0 bridgehead atoms. The lowest BCUT2D eigenvalue weighted by molar-refractivity contribution is 0.566. The summed E-state index contributed by atoms with van der Waals surface area (Å²) in [7, 11) is 0. The van der Waals surface area contributed by atoms with Crippen LogP contribution in [0.1, 0.15) is 25.6 Å². The molecule has 0 aliphatic rings. The first-order valence-corrected chi connectivity index (χ1v) is 6.72. The van der Waals surface area contributed by atoms with Crippen molar-refractivity contribution in [2.45, 2.75) is 19.8 Å². The van der Waals surface area contributed by atoms with E-state index in [0.717, 1.165) is 4.47 Å². The van der Waals surface area contributed by atoms with Crippen molar-refractivity contribution >= 4 is 15.9 Å². The van der Waals surface area contributed by atoms with Gasteiger partial charge in [-0.05, 0) is 24.1 Å². The topological polar surface area (TPSA) is 52.5 Å². The molecular formula is C14H13BrFN3. The summed E-state index contributed by atoms with van der Waals surface area (Å²) < 4.78 is 14.6. The third kappa shape index (κ3) is 2.85. The molecule has 0 saturated carbocycles. The fourth-order valence-electron chi connectivity index (χ4n) is 1.86. The molecular weight excluding hydrogens is 309 g/mol. The van der Waals surface area contributed by atoms with Crippen LogP contribution in [-0.4, -0.2) is 9.97 Å². The lowest BCUT2D eigenvalue weighted by Gasteiger charge is -2.09. The van der Waals surface area contributed by atoms with E-state index in [9.17, 15) is 4.39 Å². The van der Waals surface area contributed by atoms with Crippen LogP contribution >= 0.6 is 15.9 Å². The average molecular weight is 322 g/mol. The molecule has 0 fully saturated rings. The number of halogens is 2. The third-order valence-electron chi connectivity index (χ3n) is 2.91. The Morgan fingerprint density at radius 1 is 1.42 bits per heavy atom. The van der Waals surface area contributed by atoms with Gasteiger partial charge in [0.05, 0.1) is 18.0 Å². The van der Waals surface area contributed by atoms with E-state index in [1.165, 1.54) is 6.07 Å². The zero-order chi connectivity index (χ0) is 14.0.